The first-order chi connectivity index (χ1) is 9.17. The largest absolute Gasteiger partial charge is 1.00 e. The fraction of sp³-hybridized carbons (Fsp3) is 0.556. The molecule has 0 nitrogen and oxygen atoms in total. The van der Waals surface area contributed by atoms with Crippen LogP contribution in [0.3, 0.4) is 0 Å². The summed E-state index contributed by atoms with van der Waals surface area (Å²) in [6.45, 7) is 9.38. The molecule has 2 rings (SSSR count). The molecule has 0 aromatic heterocycles. The van der Waals surface area contributed by atoms with Gasteiger partial charge in [0.15, 0.2) is 0 Å². The van der Waals surface area contributed by atoms with Crippen LogP contribution in [-0.2, 0) is 19.2 Å². The number of hydrogen-bond donors (Lipinski definition) is 0. The molecule has 0 aromatic carbocycles. The topological polar surface area (TPSA) is 0 Å². The summed E-state index contributed by atoms with van der Waals surface area (Å²) < 4.78 is 3.60. The molecule has 2 unspecified atom stereocenters. The van der Waals surface area contributed by atoms with Crippen molar-refractivity contribution in [3.8, 4) is 0 Å². The SMILES string of the molecule is CCC(C)C1=[C]([Ti+2][C]2=C(C(C)CC)C=CC2)CC=C1.[Br-].[Br-]. The molecule has 0 amide bonds. The molecule has 0 N–H and O–H groups in total. The first-order valence-electron chi connectivity index (χ1n) is 7.73. The van der Waals surface area contributed by atoms with Crippen LogP contribution in [0.5, 0.6) is 0 Å². The molecule has 21 heavy (non-hydrogen) atoms. The molecule has 0 aliphatic heterocycles. The van der Waals surface area contributed by atoms with Gasteiger partial charge in [-0.3, -0.25) is 0 Å². The van der Waals surface area contributed by atoms with Gasteiger partial charge in [0.1, 0.15) is 0 Å². The number of allylic oxidation sites excluding steroid dienone is 8. The van der Waals surface area contributed by atoms with Crippen LogP contribution in [0, 0.1) is 11.8 Å². The second-order valence-electron chi connectivity index (χ2n) is 5.82. The molecule has 2 aliphatic rings. The van der Waals surface area contributed by atoms with Crippen LogP contribution in [0.25, 0.3) is 0 Å². The van der Waals surface area contributed by atoms with E-state index in [1.54, 1.807) is 18.9 Å². The van der Waals surface area contributed by atoms with Gasteiger partial charge < -0.3 is 34.0 Å². The maximum atomic E-state index is 2.40. The monoisotopic (exact) mass is 448 g/mol. The van der Waals surface area contributed by atoms with Crippen molar-refractivity contribution in [1.29, 1.82) is 0 Å². The Morgan fingerprint density at radius 2 is 1.24 bits per heavy atom. The van der Waals surface area contributed by atoms with Gasteiger partial charge in [0.05, 0.1) is 0 Å². The Morgan fingerprint density at radius 1 is 0.857 bits per heavy atom. The van der Waals surface area contributed by atoms with E-state index in [2.05, 4.69) is 52.0 Å². The first kappa shape index (κ1) is 21.6. The van der Waals surface area contributed by atoms with E-state index in [0.29, 0.717) is 0 Å². The van der Waals surface area contributed by atoms with Crippen molar-refractivity contribution in [2.75, 3.05) is 0 Å². The molecule has 0 fully saturated rings. The van der Waals surface area contributed by atoms with Gasteiger partial charge >= 0.3 is 128 Å². The second kappa shape index (κ2) is 10.4. The molecular weight excluding hydrogens is 424 g/mol. The second-order valence-corrected chi connectivity index (χ2v) is 8.10. The Labute approximate surface area is 160 Å². The van der Waals surface area contributed by atoms with Gasteiger partial charge in [-0.1, -0.05) is 0 Å². The van der Waals surface area contributed by atoms with E-state index in [0.717, 1.165) is 11.8 Å². The quantitative estimate of drug-likeness (QED) is 0.484. The van der Waals surface area contributed by atoms with Crippen LogP contribution in [0.15, 0.2) is 43.2 Å². The summed E-state index contributed by atoms with van der Waals surface area (Å²) in [5, 5.41) is 0. The maximum absolute atomic E-state index is 2.40. The van der Waals surface area contributed by atoms with Gasteiger partial charge in [-0.15, -0.1) is 0 Å². The Morgan fingerprint density at radius 3 is 1.57 bits per heavy atom. The molecule has 2 atom stereocenters. The van der Waals surface area contributed by atoms with E-state index in [1.807, 2.05) is 0 Å². The van der Waals surface area contributed by atoms with Crippen LogP contribution in [-0.4, -0.2) is 0 Å². The predicted molar refractivity (Wildman–Crippen MR) is 80.5 cm³/mol. The third-order valence-corrected chi connectivity index (χ3v) is 7.01. The van der Waals surface area contributed by atoms with Crippen molar-refractivity contribution in [3.05, 3.63) is 43.2 Å². The van der Waals surface area contributed by atoms with Gasteiger partial charge in [-0.2, -0.15) is 0 Å². The summed E-state index contributed by atoms with van der Waals surface area (Å²) in [6, 6.07) is 0. The van der Waals surface area contributed by atoms with Gasteiger partial charge in [0, 0.05) is 0 Å². The number of hydrogen-bond acceptors (Lipinski definition) is 0. The Hall–Kier alpha value is 0.634. The van der Waals surface area contributed by atoms with E-state index in [-0.39, 0.29) is 53.1 Å². The van der Waals surface area contributed by atoms with E-state index in [1.165, 1.54) is 25.7 Å². The summed E-state index contributed by atoms with van der Waals surface area (Å²) >= 11 is -0.0598. The van der Waals surface area contributed by atoms with E-state index >= 15 is 0 Å². The number of rotatable bonds is 6. The van der Waals surface area contributed by atoms with Crippen molar-refractivity contribution < 1.29 is 53.1 Å². The molecule has 0 saturated carbocycles. The third kappa shape index (κ3) is 5.34. The summed E-state index contributed by atoms with van der Waals surface area (Å²) in [6.07, 6.45) is 14.6. The smallest absolute Gasteiger partial charge is 1.00 e. The van der Waals surface area contributed by atoms with Gasteiger partial charge in [0.25, 0.3) is 0 Å². The fourth-order valence-electron chi connectivity index (χ4n) is 2.84. The zero-order chi connectivity index (χ0) is 13.8. The van der Waals surface area contributed by atoms with Crippen LogP contribution < -0.4 is 34.0 Å². The Kier molecular flexibility index (Phi) is 10.7. The third-order valence-electron chi connectivity index (χ3n) is 4.52. The summed E-state index contributed by atoms with van der Waals surface area (Å²) in [7, 11) is 0. The molecule has 0 radical (unpaired) electrons. The molecule has 2 aliphatic carbocycles. The van der Waals surface area contributed by atoms with Crippen LogP contribution in [0.4, 0.5) is 0 Å². The van der Waals surface area contributed by atoms with Gasteiger partial charge in [-0.05, 0) is 0 Å². The molecular formula is C18H26Br2Ti. The standard InChI is InChI=1S/2C9H13.2BrH.Ti/c2*1-3-8(2)9-6-4-5-7-9;;;/h2*4,6,8H,3,5H2,1-2H3;2*1H;/q;;;;+2/p-2. The van der Waals surface area contributed by atoms with Crippen LogP contribution in [0.2, 0.25) is 0 Å². The summed E-state index contributed by atoms with van der Waals surface area (Å²) in [5.41, 5.74) is 3.34. The predicted octanol–water partition coefficient (Wildman–Crippen LogP) is -0.403. The minimum absolute atomic E-state index is 0. The van der Waals surface area contributed by atoms with E-state index in [9.17, 15) is 0 Å². The number of halogens is 2. The minimum Gasteiger partial charge on any atom is -1.00 e. The van der Waals surface area contributed by atoms with Gasteiger partial charge in [-0.25, -0.2) is 0 Å². The molecule has 0 saturated heterocycles. The molecule has 0 heterocycles. The van der Waals surface area contributed by atoms with E-state index in [4.69, 9.17) is 0 Å². The van der Waals surface area contributed by atoms with Crippen molar-refractivity contribution in [2.24, 2.45) is 11.8 Å². The molecule has 3 heteroatoms. The molecule has 116 valence electrons. The summed E-state index contributed by atoms with van der Waals surface area (Å²) in [5.74, 6) is 1.50. The molecule has 0 bridgehead atoms. The van der Waals surface area contributed by atoms with Crippen molar-refractivity contribution in [1.82, 2.24) is 0 Å². The molecule has 0 aromatic rings. The molecule has 0 spiro atoms. The Bertz CT molecular complexity index is 416. The average molecular weight is 450 g/mol. The first-order valence-corrected chi connectivity index (χ1v) is 9.29. The van der Waals surface area contributed by atoms with Crippen LogP contribution in [0.1, 0.15) is 53.4 Å². The normalized spacial score (nSPS) is 19.2. The summed E-state index contributed by atoms with van der Waals surface area (Å²) in [4.78, 5) is 0. The van der Waals surface area contributed by atoms with Crippen LogP contribution >= 0.6 is 0 Å². The van der Waals surface area contributed by atoms with Crippen molar-refractivity contribution >= 4 is 0 Å². The van der Waals surface area contributed by atoms with E-state index < -0.39 is 0 Å². The van der Waals surface area contributed by atoms with Crippen molar-refractivity contribution in [2.45, 2.75) is 53.4 Å². The maximum Gasteiger partial charge on any atom is -1.00 e. The zero-order valence-corrected chi connectivity index (χ0v) is 18.3. The fourth-order valence-corrected chi connectivity index (χ4v) is 5.57. The zero-order valence-electron chi connectivity index (χ0n) is 13.5. The average Bonchev–Trinajstić information content (AvgIpc) is 3.06. The van der Waals surface area contributed by atoms with Gasteiger partial charge in [0.2, 0.25) is 0 Å². The Balaban J connectivity index is 0.00000200. The van der Waals surface area contributed by atoms with Crippen molar-refractivity contribution in [3.63, 3.8) is 0 Å². The minimum atomic E-state index is -0.0598.